The summed E-state index contributed by atoms with van der Waals surface area (Å²) in [6.45, 7) is 2.96. The number of hydrogen-bond acceptors (Lipinski definition) is 4. The maximum Gasteiger partial charge on any atom is 0.136 e. The largest absolute Gasteiger partial charge is 0.307 e. The maximum atomic E-state index is 4.71. The number of rotatable bonds is 4. The van der Waals surface area contributed by atoms with Gasteiger partial charge in [0.15, 0.2) is 0 Å². The van der Waals surface area contributed by atoms with Crippen molar-refractivity contribution in [3.63, 3.8) is 0 Å². The summed E-state index contributed by atoms with van der Waals surface area (Å²) in [5, 5.41) is 0. The van der Waals surface area contributed by atoms with Crippen LogP contribution in [0, 0.1) is 0 Å². The molecule has 0 radical (unpaired) electrons. The van der Waals surface area contributed by atoms with Gasteiger partial charge < -0.3 is 4.40 Å². The molecule has 4 heterocycles. The molecule has 5 nitrogen and oxygen atoms in total. The SMILES string of the molecule is c1cc2c(c(-c3cncnc3)c1)CN(CCc1cn3ccccc3n1)C2. The van der Waals surface area contributed by atoms with Crippen molar-refractivity contribution in [2.24, 2.45) is 0 Å². The Bertz CT molecular complexity index is 1020. The van der Waals surface area contributed by atoms with Crippen LogP contribution in [0.1, 0.15) is 16.8 Å². The summed E-state index contributed by atoms with van der Waals surface area (Å²) < 4.78 is 2.08. The van der Waals surface area contributed by atoms with Crippen LogP contribution in [0.5, 0.6) is 0 Å². The van der Waals surface area contributed by atoms with Crippen molar-refractivity contribution in [2.75, 3.05) is 6.54 Å². The van der Waals surface area contributed by atoms with Crippen molar-refractivity contribution in [3.05, 3.63) is 84.3 Å². The molecule has 0 bridgehead atoms. The second-order valence-electron chi connectivity index (χ2n) is 6.73. The van der Waals surface area contributed by atoms with Gasteiger partial charge in [0, 0.05) is 56.4 Å². The summed E-state index contributed by atoms with van der Waals surface area (Å²) in [5.41, 5.74) is 7.30. The molecule has 3 aromatic heterocycles. The van der Waals surface area contributed by atoms with Crippen molar-refractivity contribution in [3.8, 4) is 11.1 Å². The van der Waals surface area contributed by atoms with E-state index in [0.717, 1.165) is 43.0 Å². The first-order valence-electron chi connectivity index (χ1n) is 8.88. The molecule has 0 fully saturated rings. The third kappa shape index (κ3) is 2.76. The van der Waals surface area contributed by atoms with E-state index < -0.39 is 0 Å². The number of hydrogen-bond donors (Lipinski definition) is 0. The molecule has 0 saturated carbocycles. The molecular weight excluding hydrogens is 322 g/mol. The lowest BCUT2D eigenvalue weighted by Crippen LogP contribution is -2.19. The predicted octanol–water partition coefficient (Wildman–Crippen LogP) is 3.35. The normalized spacial score (nSPS) is 14.0. The Morgan fingerprint density at radius 1 is 0.962 bits per heavy atom. The molecule has 128 valence electrons. The molecule has 0 amide bonds. The summed E-state index contributed by atoms with van der Waals surface area (Å²) in [6, 6.07) is 12.6. The third-order valence-electron chi connectivity index (χ3n) is 5.02. The average molecular weight is 341 g/mol. The van der Waals surface area contributed by atoms with E-state index >= 15 is 0 Å². The van der Waals surface area contributed by atoms with Crippen molar-refractivity contribution < 1.29 is 0 Å². The van der Waals surface area contributed by atoms with Gasteiger partial charge in [-0.25, -0.2) is 15.0 Å². The quantitative estimate of drug-likeness (QED) is 0.571. The molecule has 0 saturated heterocycles. The monoisotopic (exact) mass is 341 g/mol. The van der Waals surface area contributed by atoms with Gasteiger partial charge in [0.2, 0.25) is 0 Å². The van der Waals surface area contributed by atoms with Crippen molar-refractivity contribution >= 4 is 5.65 Å². The van der Waals surface area contributed by atoms with Crippen LogP contribution in [0.3, 0.4) is 0 Å². The van der Waals surface area contributed by atoms with E-state index in [0.29, 0.717) is 0 Å². The minimum Gasteiger partial charge on any atom is -0.307 e. The van der Waals surface area contributed by atoms with Crippen LogP contribution in [0.2, 0.25) is 0 Å². The molecule has 0 spiro atoms. The van der Waals surface area contributed by atoms with Gasteiger partial charge in [0.05, 0.1) is 5.69 Å². The summed E-state index contributed by atoms with van der Waals surface area (Å²) in [6.07, 6.45) is 10.5. The van der Waals surface area contributed by atoms with E-state index in [2.05, 4.69) is 43.7 Å². The van der Waals surface area contributed by atoms with Gasteiger partial charge in [-0.05, 0) is 28.8 Å². The highest BCUT2D eigenvalue weighted by atomic mass is 15.1. The molecule has 0 N–H and O–H groups in total. The zero-order valence-electron chi connectivity index (χ0n) is 14.4. The van der Waals surface area contributed by atoms with E-state index in [1.54, 1.807) is 6.33 Å². The maximum absolute atomic E-state index is 4.71. The Morgan fingerprint density at radius 3 is 2.77 bits per heavy atom. The van der Waals surface area contributed by atoms with Crippen molar-refractivity contribution in [2.45, 2.75) is 19.5 Å². The standard InChI is InChI=1S/C21H19N5/c1-2-8-26-13-18(24-21(26)6-1)7-9-25-12-16-4-3-5-19(20(16)14-25)17-10-22-15-23-11-17/h1-6,8,10-11,13,15H,7,9,12,14H2. The zero-order chi connectivity index (χ0) is 17.3. The molecule has 0 atom stereocenters. The second kappa shape index (κ2) is 6.35. The molecule has 0 unspecified atom stereocenters. The zero-order valence-corrected chi connectivity index (χ0v) is 14.4. The average Bonchev–Trinajstić information content (AvgIpc) is 3.30. The van der Waals surface area contributed by atoms with Gasteiger partial charge in [-0.1, -0.05) is 24.3 Å². The molecule has 5 heteroatoms. The molecule has 5 rings (SSSR count). The molecule has 1 aliphatic rings. The summed E-state index contributed by atoms with van der Waals surface area (Å²) >= 11 is 0. The smallest absolute Gasteiger partial charge is 0.136 e. The summed E-state index contributed by atoms with van der Waals surface area (Å²) in [4.78, 5) is 15.5. The lowest BCUT2D eigenvalue weighted by Gasteiger charge is -2.13. The van der Waals surface area contributed by atoms with Gasteiger partial charge in [0.25, 0.3) is 0 Å². The number of imidazole rings is 1. The van der Waals surface area contributed by atoms with Crippen LogP contribution in [-0.2, 0) is 19.5 Å². The fourth-order valence-corrected chi connectivity index (χ4v) is 3.74. The Morgan fingerprint density at radius 2 is 1.88 bits per heavy atom. The van der Waals surface area contributed by atoms with E-state index in [1.807, 2.05) is 36.8 Å². The summed E-state index contributed by atoms with van der Waals surface area (Å²) in [5.74, 6) is 0. The van der Waals surface area contributed by atoms with Gasteiger partial charge >= 0.3 is 0 Å². The number of benzene rings is 1. The molecule has 1 aliphatic heterocycles. The molecule has 26 heavy (non-hydrogen) atoms. The van der Waals surface area contributed by atoms with Gasteiger partial charge in [-0.2, -0.15) is 0 Å². The Labute approximate surface area is 152 Å². The lowest BCUT2D eigenvalue weighted by molar-refractivity contribution is 0.287. The van der Waals surface area contributed by atoms with Gasteiger partial charge in [-0.15, -0.1) is 0 Å². The van der Waals surface area contributed by atoms with Crippen molar-refractivity contribution in [1.29, 1.82) is 0 Å². The van der Waals surface area contributed by atoms with Crippen LogP contribution in [0.4, 0.5) is 0 Å². The molecule has 0 aliphatic carbocycles. The number of fused-ring (bicyclic) bond motifs is 2. The Kier molecular flexibility index (Phi) is 3.72. The van der Waals surface area contributed by atoms with Gasteiger partial charge in [-0.3, -0.25) is 4.90 Å². The molecule has 1 aromatic carbocycles. The van der Waals surface area contributed by atoms with E-state index in [4.69, 9.17) is 4.98 Å². The number of nitrogens with zero attached hydrogens (tertiary/aromatic N) is 5. The van der Waals surface area contributed by atoms with Crippen molar-refractivity contribution in [1.82, 2.24) is 24.3 Å². The van der Waals surface area contributed by atoms with Crippen LogP contribution < -0.4 is 0 Å². The summed E-state index contributed by atoms with van der Waals surface area (Å²) in [7, 11) is 0. The lowest BCUT2D eigenvalue weighted by atomic mass is 9.99. The first-order chi connectivity index (χ1) is 12.9. The van der Waals surface area contributed by atoms with Crippen LogP contribution in [-0.4, -0.2) is 30.8 Å². The van der Waals surface area contributed by atoms with E-state index in [1.165, 1.54) is 16.7 Å². The van der Waals surface area contributed by atoms with Crippen LogP contribution >= 0.6 is 0 Å². The minimum atomic E-state index is 0.958. The number of aromatic nitrogens is 4. The second-order valence-corrected chi connectivity index (χ2v) is 6.73. The van der Waals surface area contributed by atoms with E-state index in [9.17, 15) is 0 Å². The fourth-order valence-electron chi connectivity index (χ4n) is 3.74. The topological polar surface area (TPSA) is 46.3 Å². The first kappa shape index (κ1) is 15.2. The highest BCUT2D eigenvalue weighted by Crippen LogP contribution is 2.32. The highest BCUT2D eigenvalue weighted by Gasteiger charge is 2.22. The fraction of sp³-hybridized carbons (Fsp3) is 0.190. The van der Waals surface area contributed by atoms with Gasteiger partial charge in [0.1, 0.15) is 12.0 Å². The highest BCUT2D eigenvalue weighted by molar-refractivity contribution is 5.68. The first-order valence-corrected chi connectivity index (χ1v) is 8.88. The molecular formula is C21H19N5. The Balaban J connectivity index is 1.33. The van der Waals surface area contributed by atoms with Crippen LogP contribution in [0.25, 0.3) is 16.8 Å². The minimum absolute atomic E-state index is 0.958. The van der Waals surface area contributed by atoms with Crippen LogP contribution in [0.15, 0.2) is 67.5 Å². The predicted molar refractivity (Wildman–Crippen MR) is 100 cm³/mol. The Hall–Kier alpha value is -3.05. The molecule has 4 aromatic rings. The third-order valence-corrected chi connectivity index (χ3v) is 5.02. The number of pyridine rings is 1. The van der Waals surface area contributed by atoms with E-state index in [-0.39, 0.29) is 0 Å².